The molecule has 0 amide bonds. The van der Waals surface area contributed by atoms with E-state index in [0.29, 0.717) is 11.8 Å². The molecule has 0 aliphatic heterocycles. The minimum Gasteiger partial charge on any atom is -0.396 e. The number of nitrogens with zero attached hydrogens (tertiary/aromatic N) is 1. The Labute approximate surface area is 86.1 Å². The first-order valence-electron chi connectivity index (χ1n) is 5.41. The molecule has 0 aromatic rings. The van der Waals surface area contributed by atoms with Crippen LogP contribution in [0.15, 0.2) is 0 Å². The van der Waals surface area contributed by atoms with Crippen molar-refractivity contribution >= 4 is 0 Å². The van der Waals surface area contributed by atoms with E-state index in [-0.39, 0.29) is 12.1 Å². The van der Waals surface area contributed by atoms with Crippen LogP contribution in [-0.2, 0) is 0 Å². The standard InChI is InChI=1S/C11H20N2O/c1-9(2)10-6-11(7-10,8-12)13-4-3-5-14/h9-10,13-14H,3-7H2,1-2H3. The Bertz CT molecular complexity index is 214. The lowest BCUT2D eigenvalue weighted by molar-refractivity contribution is 0.113. The molecule has 1 saturated carbocycles. The van der Waals surface area contributed by atoms with Crippen LogP contribution in [0.4, 0.5) is 0 Å². The second-order valence-corrected chi connectivity index (χ2v) is 4.61. The summed E-state index contributed by atoms with van der Waals surface area (Å²) in [4.78, 5) is 0. The van der Waals surface area contributed by atoms with Gasteiger partial charge in [0.15, 0.2) is 0 Å². The minimum atomic E-state index is -0.288. The molecule has 0 spiro atoms. The van der Waals surface area contributed by atoms with Crippen LogP contribution in [0.25, 0.3) is 0 Å². The van der Waals surface area contributed by atoms with Crippen LogP contribution in [0.1, 0.15) is 33.1 Å². The number of rotatable bonds is 5. The van der Waals surface area contributed by atoms with Crippen molar-refractivity contribution in [1.82, 2.24) is 5.32 Å². The lowest BCUT2D eigenvalue weighted by Crippen LogP contribution is -2.55. The molecule has 0 unspecified atom stereocenters. The van der Waals surface area contributed by atoms with Gasteiger partial charge in [-0.3, -0.25) is 5.32 Å². The number of hydrogen-bond acceptors (Lipinski definition) is 3. The number of aliphatic hydroxyl groups is 1. The van der Waals surface area contributed by atoms with E-state index in [4.69, 9.17) is 10.4 Å². The van der Waals surface area contributed by atoms with E-state index in [2.05, 4.69) is 25.2 Å². The van der Waals surface area contributed by atoms with Crippen molar-refractivity contribution in [3.63, 3.8) is 0 Å². The van der Waals surface area contributed by atoms with Crippen molar-refractivity contribution in [2.45, 2.75) is 38.6 Å². The molecule has 0 atom stereocenters. The maximum absolute atomic E-state index is 9.06. The van der Waals surface area contributed by atoms with Crippen molar-refractivity contribution < 1.29 is 5.11 Å². The zero-order valence-electron chi connectivity index (χ0n) is 9.08. The Morgan fingerprint density at radius 1 is 1.57 bits per heavy atom. The number of nitrogens with one attached hydrogen (secondary N) is 1. The van der Waals surface area contributed by atoms with E-state index in [1.54, 1.807) is 0 Å². The molecule has 0 heterocycles. The van der Waals surface area contributed by atoms with Gasteiger partial charge in [0.05, 0.1) is 6.07 Å². The predicted molar refractivity (Wildman–Crippen MR) is 55.6 cm³/mol. The summed E-state index contributed by atoms with van der Waals surface area (Å²) < 4.78 is 0. The van der Waals surface area contributed by atoms with Gasteiger partial charge in [-0.15, -0.1) is 0 Å². The Kier molecular flexibility index (Phi) is 3.91. The van der Waals surface area contributed by atoms with Crippen LogP contribution in [0.5, 0.6) is 0 Å². The molecule has 1 fully saturated rings. The SMILES string of the molecule is CC(C)C1CC(C#N)(NCCCO)C1. The summed E-state index contributed by atoms with van der Waals surface area (Å²) in [6.07, 6.45) is 2.66. The van der Waals surface area contributed by atoms with Gasteiger partial charge in [0.1, 0.15) is 5.54 Å². The summed E-state index contributed by atoms with van der Waals surface area (Å²) >= 11 is 0. The van der Waals surface area contributed by atoms with Crippen molar-refractivity contribution in [2.75, 3.05) is 13.2 Å². The van der Waals surface area contributed by atoms with Crippen LogP contribution in [0.2, 0.25) is 0 Å². The molecule has 0 radical (unpaired) electrons. The topological polar surface area (TPSA) is 56.0 Å². The van der Waals surface area contributed by atoms with Gasteiger partial charge in [0.2, 0.25) is 0 Å². The fraction of sp³-hybridized carbons (Fsp3) is 0.909. The quantitative estimate of drug-likeness (QED) is 0.651. The highest BCUT2D eigenvalue weighted by Gasteiger charge is 2.45. The summed E-state index contributed by atoms with van der Waals surface area (Å²) in [5.74, 6) is 1.37. The van der Waals surface area contributed by atoms with Gasteiger partial charge >= 0.3 is 0 Å². The molecule has 0 aromatic carbocycles. The van der Waals surface area contributed by atoms with E-state index >= 15 is 0 Å². The smallest absolute Gasteiger partial charge is 0.107 e. The van der Waals surface area contributed by atoms with E-state index in [1.807, 2.05) is 0 Å². The molecule has 3 nitrogen and oxygen atoms in total. The predicted octanol–water partition coefficient (Wildman–Crippen LogP) is 1.29. The van der Waals surface area contributed by atoms with Crippen LogP contribution in [0, 0.1) is 23.2 Å². The Balaban J connectivity index is 2.31. The summed E-state index contributed by atoms with van der Waals surface area (Å²) in [7, 11) is 0. The first kappa shape index (κ1) is 11.5. The van der Waals surface area contributed by atoms with E-state index in [1.165, 1.54) is 0 Å². The van der Waals surface area contributed by atoms with Gasteiger partial charge in [-0.2, -0.15) is 5.26 Å². The van der Waals surface area contributed by atoms with Crippen molar-refractivity contribution in [3.8, 4) is 6.07 Å². The van der Waals surface area contributed by atoms with E-state index < -0.39 is 0 Å². The molecule has 0 aromatic heterocycles. The molecule has 2 N–H and O–H groups in total. The maximum atomic E-state index is 9.06. The molecule has 0 saturated heterocycles. The normalized spacial score (nSPS) is 31.2. The third-order valence-electron chi connectivity index (χ3n) is 3.18. The van der Waals surface area contributed by atoms with Gasteiger partial charge in [-0.25, -0.2) is 0 Å². The highest BCUT2D eigenvalue weighted by Crippen LogP contribution is 2.41. The van der Waals surface area contributed by atoms with Crippen molar-refractivity contribution in [1.29, 1.82) is 5.26 Å². The number of hydrogen-bond donors (Lipinski definition) is 2. The van der Waals surface area contributed by atoms with Gasteiger partial charge in [0, 0.05) is 6.61 Å². The average Bonchev–Trinajstić information content (AvgIpc) is 2.09. The largest absolute Gasteiger partial charge is 0.396 e. The maximum Gasteiger partial charge on any atom is 0.107 e. The fourth-order valence-electron chi connectivity index (χ4n) is 1.99. The highest BCUT2D eigenvalue weighted by atomic mass is 16.3. The molecule has 0 bridgehead atoms. The van der Waals surface area contributed by atoms with Crippen molar-refractivity contribution in [3.05, 3.63) is 0 Å². The molecule has 1 aliphatic rings. The molecular weight excluding hydrogens is 176 g/mol. The lowest BCUT2D eigenvalue weighted by Gasteiger charge is -2.45. The molecule has 1 aliphatic carbocycles. The molecule has 3 heteroatoms. The summed E-state index contributed by atoms with van der Waals surface area (Å²) in [5, 5.41) is 21.0. The van der Waals surface area contributed by atoms with E-state index in [9.17, 15) is 0 Å². The minimum absolute atomic E-state index is 0.197. The van der Waals surface area contributed by atoms with Crippen molar-refractivity contribution in [2.24, 2.45) is 11.8 Å². The first-order valence-corrected chi connectivity index (χ1v) is 5.41. The fourth-order valence-corrected chi connectivity index (χ4v) is 1.99. The molecular formula is C11H20N2O. The van der Waals surface area contributed by atoms with Crippen LogP contribution in [0.3, 0.4) is 0 Å². The highest BCUT2D eigenvalue weighted by molar-refractivity contribution is 5.15. The second kappa shape index (κ2) is 4.77. The van der Waals surface area contributed by atoms with Crippen LogP contribution in [-0.4, -0.2) is 23.8 Å². The van der Waals surface area contributed by atoms with E-state index in [0.717, 1.165) is 25.8 Å². The van der Waals surface area contributed by atoms with Gasteiger partial charge in [-0.1, -0.05) is 13.8 Å². The zero-order chi connectivity index (χ0) is 10.6. The molecule has 14 heavy (non-hydrogen) atoms. The van der Waals surface area contributed by atoms with Gasteiger partial charge in [0.25, 0.3) is 0 Å². The summed E-state index contributed by atoms with van der Waals surface area (Å²) in [5.41, 5.74) is -0.288. The summed E-state index contributed by atoms with van der Waals surface area (Å²) in [6.45, 7) is 5.36. The zero-order valence-corrected chi connectivity index (χ0v) is 9.08. The molecule has 80 valence electrons. The van der Waals surface area contributed by atoms with Gasteiger partial charge in [-0.05, 0) is 37.6 Å². The van der Waals surface area contributed by atoms with Crippen LogP contribution >= 0.6 is 0 Å². The van der Waals surface area contributed by atoms with Crippen LogP contribution < -0.4 is 5.32 Å². The third kappa shape index (κ3) is 2.46. The first-order chi connectivity index (χ1) is 6.63. The summed E-state index contributed by atoms with van der Waals surface area (Å²) in [6, 6.07) is 2.37. The third-order valence-corrected chi connectivity index (χ3v) is 3.18. The Hall–Kier alpha value is -0.590. The van der Waals surface area contributed by atoms with Gasteiger partial charge < -0.3 is 5.11 Å². The Morgan fingerprint density at radius 2 is 2.21 bits per heavy atom. The monoisotopic (exact) mass is 196 g/mol. The molecule has 1 rings (SSSR count). The second-order valence-electron chi connectivity index (χ2n) is 4.61. The Morgan fingerprint density at radius 3 is 2.64 bits per heavy atom. The average molecular weight is 196 g/mol. The lowest BCUT2D eigenvalue weighted by atomic mass is 9.65. The number of aliphatic hydroxyl groups excluding tert-OH is 1. The number of nitriles is 1.